The molecule has 0 aliphatic carbocycles. The first-order chi connectivity index (χ1) is 12.4. The fraction of sp³-hybridized carbons (Fsp3) is 0.222. The third kappa shape index (κ3) is 5.32. The van der Waals surface area contributed by atoms with Gasteiger partial charge in [0.1, 0.15) is 0 Å². The van der Waals surface area contributed by atoms with Gasteiger partial charge in [-0.2, -0.15) is 0 Å². The second kappa shape index (κ2) is 9.00. The van der Waals surface area contributed by atoms with E-state index in [2.05, 4.69) is 16.0 Å². The summed E-state index contributed by atoms with van der Waals surface area (Å²) >= 11 is 0. The first kappa shape index (κ1) is 19.5. The Balaban J connectivity index is 1.77. The second-order valence-electron chi connectivity index (χ2n) is 5.56. The minimum Gasteiger partial charge on any atom is -0.346 e. The zero-order valence-electron chi connectivity index (χ0n) is 14.0. The minimum absolute atomic E-state index is 0.0249. The van der Waals surface area contributed by atoms with Crippen molar-refractivity contribution in [2.24, 2.45) is 0 Å². The molecule has 0 aromatic heterocycles. The van der Waals surface area contributed by atoms with Gasteiger partial charge in [-0.25, -0.2) is 13.2 Å². The Morgan fingerprint density at radius 2 is 1.62 bits per heavy atom. The molecule has 1 atom stereocenters. The number of anilines is 1. The molecule has 2 amide bonds. The molecule has 2 rings (SSSR count). The highest BCUT2D eigenvalue weighted by Crippen LogP contribution is 2.19. The molecule has 138 valence electrons. The lowest BCUT2D eigenvalue weighted by Gasteiger charge is -2.14. The van der Waals surface area contributed by atoms with Gasteiger partial charge in [0.15, 0.2) is 17.5 Å². The Morgan fingerprint density at radius 3 is 2.31 bits per heavy atom. The van der Waals surface area contributed by atoms with Crippen LogP contribution in [0.5, 0.6) is 0 Å². The van der Waals surface area contributed by atoms with Crippen LogP contribution in [0.2, 0.25) is 0 Å². The van der Waals surface area contributed by atoms with Crippen LogP contribution in [0.25, 0.3) is 0 Å². The van der Waals surface area contributed by atoms with Gasteiger partial charge in [0, 0.05) is 6.04 Å². The molecule has 0 heterocycles. The number of amides is 2. The van der Waals surface area contributed by atoms with E-state index in [1.807, 2.05) is 37.3 Å². The molecular weight excluding hydrogens is 347 g/mol. The molecule has 26 heavy (non-hydrogen) atoms. The third-order valence-corrected chi connectivity index (χ3v) is 3.62. The second-order valence-corrected chi connectivity index (χ2v) is 5.56. The normalized spacial score (nSPS) is 11.7. The molecular formula is C18H18F3N3O2. The predicted octanol–water partition coefficient (Wildman–Crippen LogP) is 2.51. The van der Waals surface area contributed by atoms with Crippen LogP contribution >= 0.6 is 0 Å². The minimum atomic E-state index is -1.68. The number of benzene rings is 2. The zero-order chi connectivity index (χ0) is 19.1. The summed E-state index contributed by atoms with van der Waals surface area (Å²) < 4.78 is 39.4. The van der Waals surface area contributed by atoms with Crippen molar-refractivity contribution < 1.29 is 22.8 Å². The number of carbonyl (C=O) groups is 2. The fourth-order valence-electron chi connectivity index (χ4n) is 2.16. The summed E-state index contributed by atoms with van der Waals surface area (Å²) in [5.74, 6) is -5.73. The maximum absolute atomic E-state index is 13.5. The first-order valence-electron chi connectivity index (χ1n) is 7.87. The van der Waals surface area contributed by atoms with Crippen molar-refractivity contribution in [2.45, 2.75) is 13.0 Å². The van der Waals surface area contributed by atoms with Crippen LogP contribution in [0.4, 0.5) is 18.9 Å². The van der Waals surface area contributed by atoms with Crippen molar-refractivity contribution in [1.29, 1.82) is 0 Å². The summed E-state index contributed by atoms with van der Waals surface area (Å²) in [7, 11) is 0. The lowest BCUT2D eigenvalue weighted by atomic mass is 10.1. The van der Waals surface area contributed by atoms with Crippen LogP contribution < -0.4 is 16.0 Å². The van der Waals surface area contributed by atoms with Crippen LogP contribution in [0.1, 0.15) is 18.5 Å². The molecule has 0 radical (unpaired) electrons. The molecule has 0 saturated heterocycles. The van der Waals surface area contributed by atoms with Crippen LogP contribution in [-0.2, 0) is 9.59 Å². The van der Waals surface area contributed by atoms with E-state index < -0.39 is 41.5 Å². The lowest BCUT2D eigenvalue weighted by Crippen LogP contribution is -2.39. The Bertz CT molecular complexity index is 785. The Morgan fingerprint density at radius 1 is 0.923 bits per heavy atom. The molecule has 0 aliphatic heterocycles. The van der Waals surface area contributed by atoms with E-state index in [4.69, 9.17) is 0 Å². The highest BCUT2D eigenvalue weighted by atomic mass is 19.2. The number of nitrogens with one attached hydrogen (secondary N) is 3. The van der Waals surface area contributed by atoms with E-state index in [1.54, 1.807) is 0 Å². The van der Waals surface area contributed by atoms with Gasteiger partial charge in [0.05, 0.1) is 18.8 Å². The van der Waals surface area contributed by atoms with Gasteiger partial charge in [-0.05, 0) is 24.6 Å². The monoisotopic (exact) mass is 365 g/mol. The van der Waals surface area contributed by atoms with Crippen molar-refractivity contribution in [3.63, 3.8) is 0 Å². The van der Waals surface area contributed by atoms with E-state index in [9.17, 15) is 22.8 Å². The number of carbonyl (C=O) groups excluding carboxylic acids is 2. The summed E-state index contributed by atoms with van der Waals surface area (Å²) in [5.41, 5.74) is 0.505. The molecule has 5 nitrogen and oxygen atoms in total. The highest BCUT2D eigenvalue weighted by Gasteiger charge is 2.15. The van der Waals surface area contributed by atoms with E-state index in [0.29, 0.717) is 6.07 Å². The SMILES string of the molecule is C[C@@H](NCC(=O)NCC(=O)Nc1ccc(F)c(F)c1F)c1ccccc1. The molecule has 2 aromatic rings. The van der Waals surface area contributed by atoms with Crippen molar-refractivity contribution in [1.82, 2.24) is 10.6 Å². The van der Waals surface area contributed by atoms with Crippen molar-refractivity contribution in [3.8, 4) is 0 Å². The number of halogens is 3. The molecule has 2 aromatic carbocycles. The number of hydrogen-bond donors (Lipinski definition) is 3. The average molecular weight is 365 g/mol. The van der Waals surface area contributed by atoms with Gasteiger partial charge < -0.3 is 16.0 Å². The van der Waals surface area contributed by atoms with Gasteiger partial charge in [-0.3, -0.25) is 9.59 Å². The molecule has 8 heteroatoms. The van der Waals surface area contributed by atoms with Crippen LogP contribution in [0, 0.1) is 17.5 Å². The summed E-state index contributed by atoms with van der Waals surface area (Å²) in [6, 6.07) is 11.0. The highest BCUT2D eigenvalue weighted by molar-refractivity contribution is 5.94. The van der Waals surface area contributed by atoms with Gasteiger partial charge in [0.25, 0.3) is 0 Å². The summed E-state index contributed by atoms with van der Waals surface area (Å²) in [6.45, 7) is 1.43. The van der Waals surface area contributed by atoms with Crippen LogP contribution in [-0.4, -0.2) is 24.9 Å². The standard InChI is InChI=1S/C18H18F3N3O2/c1-11(12-5-3-2-4-6-12)22-9-15(25)23-10-16(26)24-14-8-7-13(19)17(20)18(14)21/h2-8,11,22H,9-10H2,1H3,(H,23,25)(H,24,26)/t11-/m1/s1. The largest absolute Gasteiger partial charge is 0.346 e. The summed E-state index contributed by atoms with van der Waals surface area (Å²) in [4.78, 5) is 23.5. The summed E-state index contributed by atoms with van der Waals surface area (Å²) in [6.07, 6.45) is 0. The summed E-state index contributed by atoms with van der Waals surface area (Å²) in [5, 5.41) is 7.42. The molecule has 0 bridgehead atoms. The zero-order valence-corrected chi connectivity index (χ0v) is 14.0. The van der Waals surface area contributed by atoms with Gasteiger partial charge >= 0.3 is 0 Å². The molecule has 0 aliphatic rings. The Labute approximate surface area is 148 Å². The maximum atomic E-state index is 13.5. The van der Waals surface area contributed by atoms with Gasteiger partial charge in [-0.1, -0.05) is 30.3 Å². The van der Waals surface area contributed by atoms with E-state index in [0.717, 1.165) is 11.6 Å². The maximum Gasteiger partial charge on any atom is 0.243 e. The quantitative estimate of drug-likeness (QED) is 0.661. The van der Waals surface area contributed by atoms with Crippen LogP contribution in [0.3, 0.4) is 0 Å². The first-order valence-corrected chi connectivity index (χ1v) is 7.87. The van der Waals surface area contributed by atoms with E-state index in [-0.39, 0.29) is 12.6 Å². The van der Waals surface area contributed by atoms with Gasteiger partial charge in [-0.15, -0.1) is 0 Å². The van der Waals surface area contributed by atoms with Gasteiger partial charge in [0.2, 0.25) is 11.8 Å². The Kier molecular flexibility index (Phi) is 6.74. The molecule has 0 saturated carbocycles. The molecule has 0 fully saturated rings. The third-order valence-electron chi connectivity index (χ3n) is 3.62. The lowest BCUT2D eigenvalue weighted by molar-refractivity contribution is -0.123. The predicted molar refractivity (Wildman–Crippen MR) is 90.8 cm³/mol. The molecule has 0 unspecified atom stereocenters. The Hall–Kier alpha value is -2.87. The smallest absolute Gasteiger partial charge is 0.243 e. The van der Waals surface area contributed by atoms with E-state index >= 15 is 0 Å². The number of hydrogen-bond acceptors (Lipinski definition) is 3. The molecule has 0 spiro atoms. The fourth-order valence-corrected chi connectivity index (χ4v) is 2.16. The number of rotatable bonds is 7. The van der Waals surface area contributed by atoms with E-state index in [1.165, 1.54) is 0 Å². The van der Waals surface area contributed by atoms with Crippen molar-refractivity contribution in [3.05, 3.63) is 65.5 Å². The average Bonchev–Trinajstić information content (AvgIpc) is 2.65. The van der Waals surface area contributed by atoms with Crippen molar-refractivity contribution in [2.75, 3.05) is 18.4 Å². The topological polar surface area (TPSA) is 70.2 Å². The molecule has 3 N–H and O–H groups in total. The van der Waals surface area contributed by atoms with Crippen molar-refractivity contribution >= 4 is 17.5 Å². The van der Waals surface area contributed by atoms with Crippen LogP contribution in [0.15, 0.2) is 42.5 Å².